The van der Waals surface area contributed by atoms with Crippen LogP contribution in [0.4, 0.5) is 4.39 Å². The molecule has 1 atom stereocenters. The van der Waals surface area contributed by atoms with Crippen molar-refractivity contribution in [2.75, 3.05) is 32.7 Å². The van der Waals surface area contributed by atoms with Crippen LogP contribution in [0.1, 0.15) is 44.1 Å². The van der Waals surface area contributed by atoms with Crippen molar-refractivity contribution in [3.8, 4) is 0 Å². The number of amides is 1. The predicted octanol–water partition coefficient (Wildman–Crippen LogP) is 2.84. The van der Waals surface area contributed by atoms with Crippen LogP contribution in [-0.4, -0.2) is 59.1 Å². The first-order valence-corrected chi connectivity index (χ1v) is 10.5. The lowest BCUT2D eigenvalue weighted by molar-refractivity contribution is -0.160. The highest BCUT2D eigenvalue weighted by Crippen LogP contribution is 2.33. The SMILES string of the molecule is O=C1N(CC2CC2)CCC[C@]1(O)CN1CCC(Cc2ccccc2F)CC1. The molecule has 0 bridgehead atoms. The van der Waals surface area contributed by atoms with Crippen LogP contribution in [0.5, 0.6) is 0 Å². The Kier molecular flexibility index (Phi) is 5.51. The maximum absolute atomic E-state index is 13.9. The Morgan fingerprint density at radius 1 is 1.07 bits per heavy atom. The first-order chi connectivity index (χ1) is 13.0. The van der Waals surface area contributed by atoms with Gasteiger partial charge in [-0.25, -0.2) is 4.39 Å². The quantitative estimate of drug-likeness (QED) is 0.833. The minimum absolute atomic E-state index is 0.0610. The molecule has 2 aliphatic heterocycles. The number of nitrogens with zero attached hydrogens (tertiary/aromatic N) is 2. The van der Waals surface area contributed by atoms with Crippen LogP contribution in [-0.2, 0) is 11.2 Å². The third-order valence-electron chi connectivity index (χ3n) is 6.54. The third kappa shape index (κ3) is 4.52. The van der Waals surface area contributed by atoms with E-state index in [4.69, 9.17) is 0 Å². The van der Waals surface area contributed by atoms with Gasteiger partial charge in [-0.2, -0.15) is 0 Å². The van der Waals surface area contributed by atoms with E-state index in [0.717, 1.165) is 57.4 Å². The van der Waals surface area contributed by atoms with Gasteiger partial charge in [-0.05, 0) is 81.5 Å². The van der Waals surface area contributed by atoms with Gasteiger partial charge in [0.05, 0.1) is 0 Å². The predicted molar refractivity (Wildman–Crippen MR) is 103 cm³/mol. The molecule has 3 aliphatic rings. The van der Waals surface area contributed by atoms with Crippen molar-refractivity contribution in [2.24, 2.45) is 11.8 Å². The topological polar surface area (TPSA) is 43.8 Å². The Bertz CT molecular complexity index is 670. The number of aliphatic hydroxyl groups is 1. The van der Waals surface area contributed by atoms with E-state index in [-0.39, 0.29) is 11.7 Å². The number of benzene rings is 1. The molecule has 4 rings (SSSR count). The van der Waals surface area contributed by atoms with Gasteiger partial charge in [0.25, 0.3) is 5.91 Å². The Morgan fingerprint density at radius 2 is 1.81 bits per heavy atom. The molecule has 3 fully saturated rings. The summed E-state index contributed by atoms with van der Waals surface area (Å²) in [6.45, 7) is 3.81. The van der Waals surface area contributed by atoms with Crippen molar-refractivity contribution in [3.05, 3.63) is 35.6 Å². The van der Waals surface area contributed by atoms with E-state index in [1.165, 1.54) is 18.9 Å². The van der Waals surface area contributed by atoms with Gasteiger partial charge in [0.1, 0.15) is 5.82 Å². The standard InChI is InChI=1S/C22H31FN2O2/c23-20-5-2-1-4-19(20)14-17-8-12-24(13-9-17)16-22(27)10-3-11-25(21(22)26)15-18-6-7-18/h1-2,4-5,17-18,27H,3,6-16H2/t22-/m0/s1. The maximum Gasteiger partial charge on any atom is 0.255 e. The van der Waals surface area contributed by atoms with Crippen LogP contribution in [0.2, 0.25) is 0 Å². The van der Waals surface area contributed by atoms with E-state index in [9.17, 15) is 14.3 Å². The first kappa shape index (κ1) is 18.9. The van der Waals surface area contributed by atoms with E-state index in [2.05, 4.69) is 4.90 Å². The van der Waals surface area contributed by atoms with Crippen LogP contribution in [0, 0.1) is 17.7 Å². The van der Waals surface area contributed by atoms with Crippen molar-refractivity contribution in [1.29, 1.82) is 0 Å². The number of hydrogen-bond acceptors (Lipinski definition) is 3. The Balaban J connectivity index is 1.29. The fourth-order valence-electron chi connectivity index (χ4n) is 4.69. The lowest BCUT2D eigenvalue weighted by Gasteiger charge is -2.42. The van der Waals surface area contributed by atoms with E-state index < -0.39 is 5.60 Å². The Hall–Kier alpha value is -1.46. The van der Waals surface area contributed by atoms with E-state index in [1.807, 2.05) is 17.0 Å². The van der Waals surface area contributed by atoms with Gasteiger partial charge < -0.3 is 10.0 Å². The van der Waals surface area contributed by atoms with Gasteiger partial charge in [0.2, 0.25) is 0 Å². The van der Waals surface area contributed by atoms with Crippen molar-refractivity contribution in [3.63, 3.8) is 0 Å². The Morgan fingerprint density at radius 3 is 2.52 bits per heavy atom. The summed E-state index contributed by atoms with van der Waals surface area (Å²) < 4.78 is 13.9. The molecule has 4 nitrogen and oxygen atoms in total. The molecular weight excluding hydrogens is 343 g/mol. The summed E-state index contributed by atoms with van der Waals surface area (Å²) in [7, 11) is 0. The van der Waals surface area contributed by atoms with Crippen molar-refractivity contribution in [2.45, 2.75) is 50.5 Å². The normalized spacial score (nSPS) is 27.9. The zero-order valence-corrected chi connectivity index (χ0v) is 16.1. The minimum atomic E-state index is -1.22. The molecule has 1 saturated carbocycles. The van der Waals surface area contributed by atoms with Crippen LogP contribution in [0.25, 0.3) is 0 Å². The molecule has 2 heterocycles. The van der Waals surface area contributed by atoms with Crippen molar-refractivity contribution >= 4 is 5.91 Å². The van der Waals surface area contributed by atoms with Crippen molar-refractivity contribution in [1.82, 2.24) is 9.80 Å². The van der Waals surface area contributed by atoms with Gasteiger partial charge in [0, 0.05) is 19.6 Å². The number of hydrogen-bond donors (Lipinski definition) is 1. The van der Waals surface area contributed by atoms with Gasteiger partial charge >= 0.3 is 0 Å². The van der Waals surface area contributed by atoms with Gasteiger partial charge in [-0.15, -0.1) is 0 Å². The van der Waals surface area contributed by atoms with Crippen LogP contribution < -0.4 is 0 Å². The van der Waals surface area contributed by atoms with Crippen LogP contribution in [0.3, 0.4) is 0 Å². The lowest BCUT2D eigenvalue weighted by atomic mass is 9.87. The van der Waals surface area contributed by atoms with E-state index in [1.54, 1.807) is 6.07 Å². The molecule has 1 aromatic carbocycles. The average molecular weight is 375 g/mol. The van der Waals surface area contributed by atoms with Gasteiger partial charge in [-0.3, -0.25) is 9.69 Å². The van der Waals surface area contributed by atoms with Crippen LogP contribution >= 0.6 is 0 Å². The second-order valence-corrected chi connectivity index (χ2v) is 8.84. The summed E-state index contributed by atoms with van der Waals surface area (Å²) in [6, 6.07) is 7.03. The fraction of sp³-hybridized carbons (Fsp3) is 0.682. The summed E-state index contributed by atoms with van der Waals surface area (Å²) in [5.74, 6) is 0.957. The molecule has 27 heavy (non-hydrogen) atoms. The molecule has 1 aliphatic carbocycles. The summed E-state index contributed by atoms with van der Waals surface area (Å²) >= 11 is 0. The number of β-amino-alcohol motifs (C(OH)–C–C–N with tert-alkyl or cyclic N) is 1. The van der Waals surface area contributed by atoms with Gasteiger partial charge in [0.15, 0.2) is 5.60 Å². The maximum atomic E-state index is 13.9. The largest absolute Gasteiger partial charge is 0.379 e. The summed E-state index contributed by atoms with van der Waals surface area (Å²) in [5, 5.41) is 11.1. The molecule has 5 heteroatoms. The zero-order chi connectivity index (χ0) is 18.9. The number of carbonyl (C=O) groups excluding carboxylic acids is 1. The lowest BCUT2D eigenvalue weighted by Crippen LogP contribution is -2.59. The van der Waals surface area contributed by atoms with E-state index in [0.29, 0.717) is 24.8 Å². The molecule has 0 aromatic heterocycles. The highest BCUT2D eigenvalue weighted by molar-refractivity contribution is 5.86. The number of piperidine rings is 2. The Labute approximate surface area is 161 Å². The summed E-state index contributed by atoms with van der Waals surface area (Å²) in [4.78, 5) is 17.0. The molecule has 2 saturated heterocycles. The monoisotopic (exact) mass is 374 g/mol. The fourth-order valence-corrected chi connectivity index (χ4v) is 4.69. The molecule has 0 radical (unpaired) electrons. The number of rotatable bonds is 6. The number of likely N-dealkylation sites (tertiary alicyclic amines) is 2. The molecular formula is C22H31FN2O2. The molecule has 0 unspecified atom stereocenters. The second-order valence-electron chi connectivity index (χ2n) is 8.84. The van der Waals surface area contributed by atoms with Crippen LogP contribution in [0.15, 0.2) is 24.3 Å². The first-order valence-electron chi connectivity index (χ1n) is 10.5. The highest BCUT2D eigenvalue weighted by atomic mass is 19.1. The molecule has 1 aromatic rings. The second kappa shape index (κ2) is 7.88. The third-order valence-corrected chi connectivity index (χ3v) is 6.54. The average Bonchev–Trinajstić information content (AvgIpc) is 3.47. The van der Waals surface area contributed by atoms with E-state index >= 15 is 0 Å². The number of halogens is 1. The summed E-state index contributed by atoms with van der Waals surface area (Å²) in [5.41, 5.74) is -0.418. The van der Waals surface area contributed by atoms with Crippen molar-refractivity contribution < 1.29 is 14.3 Å². The molecule has 0 spiro atoms. The number of carbonyl (C=O) groups is 1. The van der Waals surface area contributed by atoms with Gasteiger partial charge in [-0.1, -0.05) is 18.2 Å². The highest BCUT2D eigenvalue weighted by Gasteiger charge is 2.44. The summed E-state index contributed by atoms with van der Waals surface area (Å²) in [6.07, 6.45) is 6.66. The molecule has 1 amide bonds. The minimum Gasteiger partial charge on any atom is -0.379 e. The zero-order valence-electron chi connectivity index (χ0n) is 16.1. The smallest absolute Gasteiger partial charge is 0.255 e. The molecule has 1 N–H and O–H groups in total. The molecule has 148 valence electrons.